The van der Waals surface area contributed by atoms with Crippen LogP contribution < -0.4 is 5.32 Å². The van der Waals surface area contributed by atoms with Crippen molar-refractivity contribution in [1.82, 2.24) is 15.2 Å². The summed E-state index contributed by atoms with van der Waals surface area (Å²) in [4.78, 5) is 18.0. The number of H-pyrrole nitrogens is 1. The molecule has 1 heterocycles. The molecule has 4 nitrogen and oxygen atoms in total. The first-order chi connectivity index (χ1) is 10.2. The second-order valence-electron chi connectivity index (χ2n) is 5.69. The first-order valence-corrected chi connectivity index (χ1v) is 7.77. The Balaban J connectivity index is 2.11. The molecule has 1 atom stereocenters. The van der Waals surface area contributed by atoms with E-state index in [1.807, 2.05) is 12.1 Å². The predicted molar refractivity (Wildman–Crippen MR) is 85.8 cm³/mol. The number of amides is 1. The van der Waals surface area contributed by atoms with Gasteiger partial charge in [-0.05, 0) is 49.2 Å². The molecule has 1 aliphatic carbocycles. The van der Waals surface area contributed by atoms with Crippen molar-refractivity contribution in [2.75, 3.05) is 20.1 Å². The molecule has 1 unspecified atom stereocenters. The van der Waals surface area contributed by atoms with Crippen molar-refractivity contribution in [2.24, 2.45) is 0 Å². The van der Waals surface area contributed by atoms with Crippen LogP contribution in [0.4, 0.5) is 0 Å². The van der Waals surface area contributed by atoms with Gasteiger partial charge in [-0.2, -0.15) is 0 Å². The third-order valence-electron chi connectivity index (χ3n) is 4.73. The summed E-state index contributed by atoms with van der Waals surface area (Å²) in [7, 11) is 1.70. The van der Waals surface area contributed by atoms with Gasteiger partial charge in [0.2, 0.25) is 0 Å². The molecule has 0 spiro atoms. The Labute approximate surface area is 125 Å². The third-order valence-corrected chi connectivity index (χ3v) is 4.73. The average molecular weight is 285 g/mol. The highest BCUT2D eigenvalue weighted by atomic mass is 16.1. The minimum atomic E-state index is 0.0132. The van der Waals surface area contributed by atoms with Gasteiger partial charge in [0.1, 0.15) is 0 Å². The molecule has 1 aliphatic rings. The van der Waals surface area contributed by atoms with Crippen molar-refractivity contribution in [3.8, 4) is 0 Å². The number of rotatable bonds is 4. The predicted octanol–water partition coefficient (Wildman–Crippen LogP) is 2.34. The standard InChI is InChI=1S/C17H23N3O/c1-4-20(5-2)12-8-11-10-19-15-7-6-13(17(21)18-3)14(9-12)16(11)15/h6-7,10,12,19H,4-5,8-9H2,1-3H3,(H,18,21). The molecular formula is C17H23N3O. The second kappa shape index (κ2) is 5.53. The Morgan fingerprint density at radius 1 is 1.33 bits per heavy atom. The topological polar surface area (TPSA) is 48.1 Å². The van der Waals surface area contributed by atoms with Crippen LogP contribution in [0.15, 0.2) is 18.3 Å². The number of nitrogens with one attached hydrogen (secondary N) is 2. The molecule has 1 aromatic carbocycles. The molecule has 0 aliphatic heterocycles. The summed E-state index contributed by atoms with van der Waals surface area (Å²) in [5, 5.41) is 4.03. The van der Waals surface area contributed by atoms with Gasteiger partial charge in [-0.3, -0.25) is 4.79 Å². The Morgan fingerprint density at radius 3 is 2.76 bits per heavy atom. The summed E-state index contributed by atoms with van der Waals surface area (Å²) >= 11 is 0. The van der Waals surface area contributed by atoms with Crippen molar-refractivity contribution < 1.29 is 4.79 Å². The van der Waals surface area contributed by atoms with Crippen molar-refractivity contribution in [3.05, 3.63) is 35.0 Å². The van der Waals surface area contributed by atoms with Crippen molar-refractivity contribution in [1.29, 1.82) is 0 Å². The van der Waals surface area contributed by atoms with E-state index < -0.39 is 0 Å². The Hall–Kier alpha value is -1.81. The molecular weight excluding hydrogens is 262 g/mol. The normalized spacial score (nSPS) is 17.4. The van der Waals surface area contributed by atoms with Crippen LogP contribution in [0.1, 0.15) is 35.3 Å². The highest BCUT2D eigenvalue weighted by Crippen LogP contribution is 2.33. The molecule has 2 N–H and O–H groups in total. The third kappa shape index (κ3) is 2.23. The summed E-state index contributed by atoms with van der Waals surface area (Å²) in [6.45, 7) is 6.51. The molecule has 1 aromatic heterocycles. The lowest BCUT2D eigenvalue weighted by Gasteiger charge is -2.33. The minimum absolute atomic E-state index is 0.0132. The van der Waals surface area contributed by atoms with Crippen LogP contribution in [0.2, 0.25) is 0 Å². The molecule has 21 heavy (non-hydrogen) atoms. The number of benzene rings is 1. The molecule has 1 amide bonds. The van der Waals surface area contributed by atoms with E-state index in [-0.39, 0.29) is 5.91 Å². The van der Waals surface area contributed by atoms with E-state index in [0.29, 0.717) is 6.04 Å². The Kier molecular flexibility index (Phi) is 3.72. The van der Waals surface area contributed by atoms with Crippen LogP contribution in [-0.2, 0) is 12.8 Å². The number of aromatic amines is 1. The Morgan fingerprint density at radius 2 is 2.10 bits per heavy atom. The molecule has 0 bridgehead atoms. The van der Waals surface area contributed by atoms with Crippen LogP contribution in [-0.4, -0.2) is 42.0 Å². The van der Waals surface area contributed by atoms with Crippen molar-refractivity contribution in [2.45, 2.75) is 32.7 Å². The molecule has 0 saturated carbocycles. The monoisotopic (exact) mass is 285 g/mol. The smallest absolute Gasteiger partial charge is 0.251 e. The van der Waals surface area contributed by atoms with Crippen LogP contribution in [0.5, 0.6) is 0 Å². The van der Waals surface area contributed by atoms with Gasteiger partial charge in [0.05, 0.1) is 0 Å². The van der Waals surface area contributed by atoms with Gasteiger partial charge >= 0.3 is 0 Å². The summed E-state index contributed by atoms with van der Waals surface area (Å²) in [6, 6.07) is 4.45. The van der Waals surface area contributed by atoms with Crippen LogP contribution in [0.3, 0.4) is 0 Å². The minimum Gasteiger partial charge on any atom is -0.361 e. The number of aromatic nitrogens is 1. The molecule has 2 aromatic rings. The molecule has 0 saturated heterocycles. The summed E-state index contributed by atoms with van der Waals surface area (Å²) in [5.41, 5.74) is 4.51. The molecule has 112 valence electrons. The lowest BCUT2D eigenvalue weighted by atomic mass is 9.85. The van der Waals surface area contributed by atoms with Gasteiger partial charge in [-0.1, -0.05) is 13.8 Å². The van der Waals surface area contributed by atoms with E-state index in [2.05, 4.69) is 35.2 Å². The summed E-state index contributed by atoms with van der Waals surface area (Å²) < 4.78 is 0. The van der Waals surface area contributed by atoms with E-state index in [9.17, 15) is 4.79 Å². The van der Waals surface area contributed by atoms with E-state index in [4.69, 9.17) is 0 Å². The maximum Gasteiger partial charge on any atom is 0.251 e. The first-order valence-electron chi connectivity index (χ1n) is 7.77. The fourth-order valence-electron chi connectivity index (χ4n) is 3.65. The van der Waals surface area contributed by atoms with E-state index in [0.717, 1.165) is 37.0 Å². The van der Waals surface area contributed by atoms with Crippen LogP contribution in [0.25, 0.3) is 10.9 Å². The zero-order valence-corrected chi connectivity index (χ0v) is 13.0. The van der Waals surface area contributed by atoms with Crippen LogP contribution in [0, 0.1) is 0 Å². The average Bonchev–Trinajstić information content (AvgIpc) is 2.93. The zero-order valence-electron chi connectivity index (χ0n) is 13.0. The SMILES string of the molecule is CCN(CC)C1Cc2c[nH]c3ccc(C(=O)NC)c(c23)C1. The van der Waals surface area contributed by atoms with Crippen molar-refractivity contribution in [3.63, 3.8) is 0 Å². The number of carbonyl (C=O) groups is 1. The molecule has 0 fully saturated rings. The van der Waals surface area contributed by atoms with Gasteiger partial charge < -0.3 is 15.2 Å². The molecule has 4 heteroatoms. The second-order valence-corrected chi connectivity index (χ2v) is 5.69. The fourth-order valence-corrected chi connectivity index (χ4v) is 3.65. The quantitative estimate of drug-likeness (QED) is 0.906. The Bertz CT molecular complexity index is 670. The van der Waals surface area contributed by atoms with Gasteiger partial charge in [-0.25, -0.2) is 0 Å². The highest BCUT2D eigenvalue weighted by Gasteiger charge is 2.28. The van der Waals surface area contributed by atoms with Gasteiger partial charge in [0.15, 0.2) is 0 Å². The maximum absolute atomic E-state index is 12.2. The lowest BCUT2D eigenvalue weighted by Crippen LogP contribution is -2.40. The largest absolute Gasteiger partial charge is 0.361 e. The van der Waals surface area contributed by atoms with Crippen LogP contribution >= 0.6 is 0 Å². The van der Waals surface area contributed by atoms with Gasteiger partial charge in [-0.15, -0.1) is 0 Å². The van der Waals surface area contributed by atoms with E-state index >= 15 is 0 Å². The number of carbonyl (C=O) groups excluding carboxylic acids is 1. The fraction of sp³-hybridized carbons (Fsp3) is 0.471. The highest BCUT2D eigenvalue weighted by molar-refractivity contribution is 6.02. The van der Waals surface area contributed by atoms with E-state index in [1.165, 1.54) is 16.5 Å². The number of likely N-dealkylation sites (N-methyl/N-ethyl adjacent to an activating group) is 1. The number of hydrogen-bond acceptors (Lipinski definition) is 2. The first kappa shape index (κ1) is 14.1. The molecule has 3 rings (SSSR count). The lowest BCUT2D eigenvalue weighted by molar-refractivity contribution is 0.0961. The maximum atomic E-state index is 12.2. The molecule has 0 radical (unpaired) electrons. The van der Waals surface area contributed by atoms with Gasteiger partial charge in [0.25, 0.3) is 5.91 Å². The van der Waals surface area contributed by atoms with Gasteiger partial charge in [0, 0.05) is 35.8 Å². The summed E-state index contributed by atoms with van der Waals surface area (Å²) in [5.74, 6) is 0.0132. The summed E-state index contributed by atoms with van der Waals surface area (Å²) in [6.07, 6.45) is 4.12. The number of nitrogens with zero attached hydrogens (tertiary/aromatic N) is 1. The zero-order chi connectivity index (χ0) is 15.0. The van der Waals surface area contributed by atoms with Crippen molar-refractivity contribution >= 4 is 16.8 Å². The van der Waals surface area contributed by atoms with E-state index in [1.54, 1.807) is 7.05 Å². The number of hydrogen-bond donors (Lipinski definition) is 2.